The molecular formula is C16H18F2N2O. The van der Waals surface area contributed by atoms with E-state index in [9.17, 15) is 8.78 Å². The van der Waals surface area contributed by atoms with Gasteiger partial charge in [-0.05, 0) is 37.2 Å². The number of rotatable bonds is 5. The molecule has 2 rings (SSSR count). The van der Waals surface area contributed by atoms with Crippen molar-refractivity contribution in [3.05, 3.63) is 58.9 Å². The molecule has 0 aliphatic carbocycles. The zero-order chi connectivity index (χ0) is 15.4. The molecule has 1 unspecified atom stereocenters. The molecule has 5 heteroatoms. The van der Waals surface area contributed by atoms with Crippen LogP contribution in [0.1, 0.15) is 29.8 Å². The van der Waals surface area contributed by atoms with E-state index in [2.05, 4.69) is 10.3 Å². The lowest BCUT2D eigenvalue weighted by molar-refractivity contribution is 0.397. The summed E-state index contributed by atoms with van der Waals surface area (Å²) < 4.78 is 33.8. The molecule has 2 aromatic rings. The average molecular weight is 292 g/mol. The van der Waals surface area contributed by atoms with Crippen LogP contribution in [-0.4, -0.2) is 18.6 Å². The standard InChI is InChI=1S/C16H18F2N2O/c1-4-19-16(15-12(21-3)6-5-9-20-15)13-11(17)8-7-10(2)14(13)18/h5-9,16,19H,4H2,1-3H3. The molecule has 0 aliphatic rings. The Hall–Kier alpha value is -2.01. The molecule has 3 nitrogen and oxygen atoms in total. The Kier molecular flexibility index (Phi) is 4.85. The van der Waals surface area contributed by atoms with E-state index in [1.54, 1.807) is 25.3 Å². The van der Waals surface area contributed by atoms with Crippen LogP contribution in [0.2, 0.25) is 0 Å². The van der Waals surface area contributed by atoms with Crippen molar-refractivity contribution in [3.63, 3.8) is 0 Å². The SMILES string of the molecule is CCNC(c1ncccc1OC)c1c(F)ccc(C)c1F. The molecule has 21 heavy (non-hydrogen) atoms. The highest BCUT2D eigenvalue weighted by Gasteiger charge is 2.26. The first kappa shape index (κ1) is 15.4. The van der Waals surface area contributed by atoms with Crippen molar-refractivity contribution in [2.75, 3.05) is 13.7 Å². The van der Waals surface area contributed by atoms with Gasteiger partial charge in [-0.3, -0.25) is 4.98 Å². The van der Waals surface area contributed by atoms with Crippen molar-refractivity contribution < 1.29 is 13.5 Å². The second-order valence-electron chi connectivity index (χ2n) is 4.67. The molecule has 0 amide bonds. The Balaban J connectivity index is 2.62. The zero-order valence-corrected chi connectivity index (χ0v) is 12.3. The fraction of sp³-hybridized carbons (Fsp3) is 0.312. The predicted octanol–water partition coefficient (Wildman–Crippen LogP) is 3.38. The Labute approximate surface area is 123 Å². The van der Waals surface area contributed by atoms with Crippen molar-refractivity contribution in [2.24, 2.45) is 0 Å². The van der Waals surface area contributed by atoms with Crippen LogP contribution in [0.15, 0.2) is 30.5 Å². The smallest absolute Gasteiger partial charge is 0.142 e. The van der Waals surface area contributed by atoms with Gasteiger partial charge in [0.2, 0.25) is 0 Å². The lowest BCUT2D eigenvalue weighted by atomic mass is 9.98. The van der Waals surface area contributed by atoms with Gasteiger partial charge in [-0.2, -0.15) is 0 Å². The van der Waals surface area contributed by atoms with Crippen LogP contribution < -0.4 is 10.1 Å². The van der Waals surface area contributed by atoms with Crippen LogP contribution >= 0.6 is 0 Å². The summed E-state index contributed by atoms with van der Waals surface area (Å²) in [5, 5.41) is 3.08. The lowest BCUT2D eigenvalue weighted by Gasteiger charge is -2.21. The van der Waals surface area contributed by atoms with Crippen molar-refractivity contribution in [1.82, 2.24) is 10.3 Å². The first-order chi connectivity index (χ1) is 10.1. The molecular weight excluding hydrogens is 274 g/mol. The Morgan fingerprint density at radius 2 is 2.05 bits per heavy atom. The van der Waals surface area contributed by atoms with Crippen LogP contribution in [0.25, 0.3) is 0 Å². The van der Waals surface area contributed by atoms with Gasteiger partial charge in [0.25, 0.3) is 0 Å². The number of hydrogen-bond donors (Lipinski definition) is 1. The molecule has 1 heterocycles. The van der Waals surface area contributed by atoms with E-state index >= 15 is 0 Å². The summed E-state index contributed by atoms with van der Waals surface area (Å²) in [5.41, 5.74) is 0.823. The fourth-order valence-electron chi connectivity index (χ4n) is 2.27. The molecule has 1 aromatic heterocycles. The number of methoxy groups -OCH3 is 1. The third kappa shape index (κ3) is 3.03. The van der Waals surface area contributed by atoms with Crippen molar-refractivity contribution in [1.29, 1.82) is 0 Å². The van der Waals surface area contributed by atoms with E-state index in [0.29, 0.717) is 23.6 Å². The van der Waals surface area contributed by atoms with Gasteiger partial charge in [0.05, 0.1) is 13.2 Å². The molecule has 1 aromatic carbocycles. The van der Waals surface area contributed by atoms with Crippen LogP contribution in [0.3, 0.4) is 0 Å². The van der Waals surface area contributed by atoms with Gasteiger partial charge in [-0.1, -0.05) is 13.0 Å². The van der Waals surface area contributed by atoms with E-state index in [4.69, 9.17) is 4.74 Å². The fourth-order valence-corrected chi connectivity index (χ4v) is 2.27. The summed E-state index contributed by atoms with van der Waals surface area (Å²) >= 11 is 0. The Morgan fingerprint density at radius 3 is 2.71 bits per heavy atom. The maximum atomic E-state index is 14.4. The second-order valence-corrected chi connectivity index (χ2v) is 4.67. The van der Waals surface area contributed by atoms with Crippen LogP contribution in [0, 0.1) is 18.6 Å². The zero-order valence-electron chi connectivity index (χ0n) is 12.3. The number of nitrogens with one attached hydrogen (secondary N) is 1. The molecule has 0 radical (unpaired) electrons. The summed E-state index contributed by atoms with van der Waals surface area (Å²) in [6, 6.07) is 5.43. The largest absolute Gasteiger partial charge is 0.495 e. The van der Waals surface area contributed by atoms with Gasteiger partial charge in [0, 0.05) is 11.8 Å². The quantitative estimate of drug-likeness (QED) is 0.917. The minimum atomic E-state index is -0.703. The maximum absolute atomic E-state index is 14.4. The molecule has 0 fully saturated rings. The highest BCUT2D eigenvalue weighted by atomic mass is 19.1. The van der Waals surface area contributed by atoms with Gasteiger partial charge >= 0.3 is 0 Å². The monoisotopic (exact) mass is 292 g/mol. The Morgan fingerprint density at radius 1 is 1.29 bits per heavy atom. The molecule has 1 N–H and O–H groups in total. The molecule has 0 spiro atoms. The summed E-state index contributed by atoms with van der Waals surface area (Å²) in [6.45, 7) is 4.02. The minimum Gasteiger partial charge on any atom is -0.495 e. The Bertz CT molecular complexity index is 632. The number of hydrogen-bond acceptors (Lipinski definition) is 3. The van der Waals surface area contributed by atoms with Gasteiger partial charge < -0.3 is 10.1 Å². The van der Waals surface area contributed by atoms with Crippen molar-refractivity contribution in [2.45, 2.75) is 19.9 Å². The maximum Gasteiger partial charge on any atom is 0.142 e. The van der Waals surface area contributed by atoms with Crippen LogP contribution in [0.5, 0.6) is 5.75 Å². The van der Waals surface area contributed by atoms with Gasteiger partial charge in [-0.25, -0.2) is 8.78 Å². The second kappa shape index (κ2) is 6.63. The number of aromatic nitrogens is 1. The van der Waals surface area contributed by atoms with E-state index in [-0.39, 0.29) is 5.56 Å². The molecule has 0 saturated heterocycles. The predicted molar refractivity (Wildman–Crippen MR) is 77.4 cm³/mol. The molecule has 0 aliphatic heterocycles. The van der Waals surface area contributed by atoms with E-state index < -0.39 is 17.7 Å². The average Bonchev–Trinajstić information content (AvgIpc) is 2.50. The van der Waals surface area contributed by atoms with Crippen LogP contribution in [0.4, 0.5) is 8.78 Å². The first-order valence-electron chi connectivity index (χ1n) is 6.76. The number of ether oxygens (including phenoxy) is 1. The summed E-state index contributed by atoms with van der Waals surface area (Å²) in [7, 11) is 1.51. The molecule has 1 atom stereocenters. The molecule has 112 valence electrons. The number of halogens is 2. The highest BCUT2D eigenvalue weighted by Crippen LogP contribution is 2.32. The van der Waals surface area contributed by atoms with E-state index in [0.717, 1.165) is 0 Å². The van der Waals surface area contributed by atoms with Crippen LogP contribution in [-0.2, 0) is 0 Å². The number of nitrogens with zero attached hydrogens (tertiary/aromatic N) is 1. The lowest BCUT2D eigenvalue weighted by Crippen LogP contribution is -2.26. The highest BCUT2D eigenvalue weighted by molar-refractivity contribution is 5.39. The van der Waals surface area contributed by atoms with E-state index in [1.165, 1.54) is 19.2 Å². The normalized spacial score (nSPS) is 12.2. The molecule has 0 bridgehead atoms. The van der Waals surface area contributed by atoms with Crippen molar-refractivity contribution in [3.8, 4) is 5.75 Å². The summed E-state index contributed by atoms with van der Waals surface area (Å²) in [5.74, 6) is -0.672. The first-order valence-corrected chi connectivity index (χ1v) is 6.76. The third-order valence-corrected chi connectivity index (χ3v) is 3.31. The summed E-state index contributed by atoms with van der Waals surface area (Å²) in [4.78, 5) is 4.24. The van der Waals surface area contributed by atoms with E-state index in [1.807, 2.05) is 6.92 Å². The van der Waals surface area contributed by atoms with Crippen molar-refractivity contribution >= 4 is 0 Å². The topological polar surface area (TPSA) is 34.2 Å². The number of pyridine rings is 1. The number of aryl methyl sites for hydroxylation is 1. The minimum absolute atomic E-state index is 0.0335. The summed E-state index contributed by atoms with van der Waals surface area (Å²) in [6.07, 6.45) is 1.58. The number of benzene rings is 1. The molecule has 0 saturated carbocycles. The van der Waals surface area contributed by atoms with Gasteiger partial charge in [0.15, 0.2) is 0 Å². The van der Waals surface area contributed by atoms with Gasteiger partial charge in [-0.15, -0.1) is 0 Å². The third-order valence-electron chi connectivity index (χ3n) is 3.31. The van der Waals surface area contributed by atoms with Gasteiger partial charge in [0.1, 0.15) is 23.1 Å².